The number of hydrogen-bond donors (Lipinski definition) is 1. The number of aromatic nitrogens is 1. The van der Waals surface area contributed by atoms with Crippen molar-refractivity contribution in [2.75, 3.05) is 6.61 Å². The lowest BCUT2D eigenvalue weighted by Gasteiger charge is -2.09. The first-order valence-corrected chi connectivity index (χ1v) is 5.26. The molecule has 0 radical (unpaired) electrons. The van der Waals surface area contributed by atoms with Gasteiger partial charge in [-0.3, -0.25) is 5.32 Å². The molecule has 0 saturated heterocycles. The molecule has 0 bridgehead atoms. The molecule has 1 N–H and O–H groups in total. The molecule has 4 nitrogen and oxygen atoms in total. The summed E-state index contributed by atoms with van der Waals surface area (Å²) in [7, 11) is 0. The summed E-state index contributed by atoms with van der Waals surface area (Å²) < 4.78 is 10.7. The maximum Gasteiger partial charge on any atom is 0.180 e. The molecule has 0 spiro atoms. The van der Waals surface area contributed by atoms with Crippen LogP contribution in [0.5, 0.6) is 5.75 Å². The van der Waals surface area contributed by atoms with Crippen LogP contribution in [0.1, 0.15) is 17.4 Å². The molecule has 2 aromatic rings. The van der Waals surface area contributed by atoms with E-state index < -0.39 is 0 Å². The van der Waals surface area contributed by atoms with E-state index in [2.05, 4.69) is 16.4 Å². The summed E-state index contributed by atoms with van der Waals surface area (Å²) >= 11 is 0. The zero-order chi connectivity index (χ0) is 10.8. The summed E-state index contributed by atoms with van der Waals surface area (Å²) in [5.41, 5.74) is 1.21. The minimum absolute atomic E-state index is 0.237. The van der Waals surface area contributed by atoms with Gasteiger partial charge in [0.05, 0.1) is 18.8 Å². The Morgan fingerprint density at radius 2 is 2.31 bits per heavy atom. The molecule has 82 valence electrons. The Balaban J connectivity index is 1.69. The topological polar surface area (TPSA) is 47.3 Å². The van der Waals surface area contributed by atoms with Gasteiger partial charge in [-0.15, -0.1) is 0 Å². The molecular formula is C12H12N2O2. The van der Waals surface area contributed by atoms with E-state index in [0.717, 1.165) is 11.5 Å². The van der Waals surface area contributed by atoms with E-state index in [4.69, 9.17) is 9.15 Å². The molecule has 1 aromatic carbocycles. The van der Waals surface area contributed by atoms with Crippen LogP contribution in [-0.2, 0) is 6.54 Å². The Kier molecular flexibility index (Phi) is 2.34. The van der Waals surface area contributed by atoms with Crippen molar-refractivity contribution in [3.8, 4) is 5.75 Å². The number of fused-ring (bicyclic) bond motifs is 1. The fraction of sp³-hybridized carbons (Fsp3) is 0.250. The molecule has 0 amide bonds. The van der Waals surface area contributed by atoms with Crippen molar-refractivity contribution in [2.45, 2.75) is 12.6 Å². The summed E-state index contributed by atoms with van der Waals surface area (Å²) in [6, 6.07) is 8.32. The standard InChI is InChI=1S/C12H12N2O2/c1-2-4-12-10(3-1)11(7-15-12)14-6-9-5-13-8-16-9/h1-5,8,11,14H,6-7H2. The van der Waals surface area contributed by atoms with Gasteiger partial charge >= 0.3 is 0 Å². The molecule has 1 atom stereocenters. The first-order valence-electron chi connectivity index (χ1n) is 5.26. The van der Waals surface area contributed by atoms with Crippen LogP contribution in [0.4, 0.5) is 0 Å². The first kappa shape index (κ1) is 9.42. The molecule has 0 saturated carbocycles. The molecular weight excluding hydrogens is 204 g/mol. The van der Waals surface area contributed by atoms with Gasteiger partial charge in [-0.2, -0.15) is 0 Å². The largest absolute Gasteiger partial charge is 0.491 e. The Labute approximate surface area is 93.3 Å². The minimum Gasteiger partial charge on any atom is -0.491 e. The van der Waals surface area contributed by atoms with E-state index in [9.17, 15) is 0 Å². The van der Waals surface area contributed by atoms with Crippen LogP contribution in [0.3, 0.4) is 0 Å². The molecule has 1 aliphatic heterocycles. The van der Waals surface area contributed by atoms with E-state index >= 15 is 0 Å². The van der Waals surface area contributed by atoms with Crippen molar-refractivity contribution < 1.29 is 9.15 Å². The zero-order valence-corrected chi connectivity index (χ0v) is 8.72. The lowest BCUT2D eigenvalue weighted by molar-refractivity contribution is 0.306. The number of hydrogen-bond acceptors (Lipinski definition) is 4. The monoisotopic (exact) mass is 216 g/mol. The fourth-order valence-electron chi connectivity index (χ4n) is 1.88. The van der Waals surface area contributed by atoms with Crippen LogP contribution < -0.4 is 10.1 Å². The smallest absolute Gasteiger partial charge is 0.180 e. The molecule has 0 fully saturated rings. The normalized spacial score (nSPS) is 18.1. The van der Waals surface area contributed by atoms with Crippen LogP contribution in [0.2, 0.25) is 0 Å². The van der Waals surface area contributed by atoms with Gasteiger partial charge in [0.1, 0.15) is 18.1 Å². The van der Waals surface area contributed by atoms with Crippen LogP contribution >= 0.6 is 0 Å². The molecule has 4 heteroatoms. The maximum atomic E-state index is 5.57. The van der Waals surface area contributed by atoms with E-state index in [1.807, 2.05) is 18.2 Å². The van der Waals surface area contributed by atoms with Crippen LogP contribution in [0.25, 0.3) is 0 Å². The average Bonchev–Trinajstić information content (AvgIpc) is 2.96. The third-order valence-electron chi connectivity index (χ3n) is 2.71. The van der Waals surface area contributed by atoms with Crippen LogP contribution in [0.15, 0.2) is 41.3 Å². The van der Waals surface area contributed by atoms with Gasteiger partial charge in [-0.05, 0) is 6.07 Å². The number of oxazole rings is 1. The highest BCUT2D eigenvalue weighted by Gasteiger charge is 2.22. The predicted octanol–water partition coefficient (Wildman–Crippen LogP) is 1.90. The lowest BCUT2D eigenvalue weighted by atomic mass is 10.1. The number of nitrogens with one attached hydrogen (secondary N) is 1. The predicted molar refractivity (Wildman–Crippen MR) is 58.0 cm³/mol. The molecule has 1 aromatic heterocycles. The summed E-state index contributed by atoms with van der Waals surface area (Å²) in [6.07, 6.45) is 3.16. The van der Waals surface area contributed by atoms with Gasteiger partial charge < -0.3 is 9.15 Å². The molecule has 1 unspecified atom stereocenters. The fourth-order valence-corrected chi connectivity index (χ4v) is 1.88. The Bertz CT molecular complexity index is 468. The summed E-state index contributed by atoms with van der Waals surface area (Å²) in [5.74, 6) is 1.81. The van der Waals surface area contributed by atoms with Crippen molar-refractivity contribution in [1.82, 2.24) is 10.3 Å². The lowest BCUT2D eigenvalue weighted by Crippen LogP contribution is -2.21. The number of benzene rings is 1. The van der Waals surface area contributed by atoms with Gasteiger partial charge in [-0.1, -0.05) is 18.2 Å². The van der Waals surface area contributed by atoms with Crippen LogP contribution in [0, 0.1) is 0 Å². The second kappa shape index (κ2) is 3.98. The van der Waals surface area contributed by atoms with Gasteiger partial charge in [0.15, 0.2) is 6.39 Å². The number of para-hydroxylation sites is 1. The van der Waals surface area contributed by atoms with Crippen molar-refractivity contribution in [2.24, 2.45) is 0 Å². The second-order valence-electron chi connectivity index (χ2n) is 3.75. The Morgan fingerprint density at radius 1 is 1.38 bits per heavy atom. The van der Waals surface area contributed by atoms with Crippen molar-refractivity contribution in [3.63, 3.8) is 0 Å². The third kappa shape index (κ3) is 1.67. The van der Waals surface area contributed by atoms with E-state index in [-0.39, 0.29) is 6.04 Å². The van der Waals surface area contributed by atoms with Crippen LogP contribution in [-0.4, -0.2) is 11.6 Å². The van der Waals surface area contributed by atoms with Crippen molar-refractivity contribution in [1.29, 1.82) is 0 Å². The van der Waals surface area contributed by atoms with Gasteiger partial charge in [0.2, 0.25) is 0 Å². The van der Waals surface area contributed by atoms with Gasteiger partial charge in [-0.25, -0.2) is 4.98 Å². The minimum atomic E-state index is 0.237. The first-order chi connectivity index (χ1) is 7.93. The molecule has 16 heavy (non-hydrogen) atoms. The highest BCUT2D eigenvalue weighted by molar-refractivity contribution is 5.39. The zero-order valence-electron chi connectivity index (χ0n) is 8.72. The van der Waals surface area contributed by atoms with E-state index in [1.165, 1.54) is 12.0 Å². The number of rotatable bonds is 3. The average molecular weight is 216 g/mol. The Hall–Kier alpha value is -1.81. The highest BCUT2D eigenvalue weighted by Crippen LogP contribution is 2.31. The summed E-state index contributed by atoms with van der Waals surface area (Å²) in [4.78, 5) is 3.87. The molecule has 3 rings (SSSR count). The van der Waals surface area contributed by atoms with Crippen molar-refractivity contribution >= 4 is 0 Å². The summed E-state index contributed by atoms with van der Waals surface area (Å²) in [5, 5.41) is 3.38. The maximum absolute atomic E-state index is 5.57. The number of ether oxygens (including phenoxy) is 1. The number of nitrogens with zero attached hydrogens (tertiary/aromatic N) is 1. The van der Waals surface area contributed by atoms with Gasteiger partial charge in [0, 0.05) is 5.56 Å². The SMILES string of the molecule is c1ccc2c(c1)OCC2NCc1cnco1. The Morgan fingerprint density at radius 3 is 3.19 bits per heavy atom. The molecule has 1 aliphatic rings. The van der Waals surface area contributed by atoms with E-state index in [0.29, 0.717) is 13.2 Å². The van der Waals surface area contributed by atoms with Crippen molar-refractivity contribution in [3.05, 3.63) is 48.2 Å². The summed E-state index contributed by atoms with van der Waals surface area (Å²) in [6.45, 7) is 1.34. The highest BCUT2D eigenvalue weighted by atomic mass is 16.5. The molecule has 2 heterocycles. The van der Waals surface area contributed by atoms with Gasteiger partial charge in [0.25, 0.3) is 0 Å². The quantitative estimate of drug-likeness (QED) is 0.851. The second-order valence-corrected chi connectivity index (χ2v) is 3.75. The molecule has 0 aliphatic carbocycles. The third-order valence-corrected chi connectivity index (χ3v) is 2.71. The van der Waals surface area contributed by atoms with E-state index in [1.54, 1.807) is 6.20 Å².